The highest BCUT2D eigenvalue weighted by molar-refractivity contribution is 8.18. The van der Waals surface area contributed by atoms with E-state index >= 15 is 0 Å². The molecule has 8 heteroatoms. The van der Waals surface area contributed by atoms with E-state index in [1.165, 1.54) is 0 Å². The molecule has 7 nitrogen and oxygen atoms in total. The minimum absolute atomic E-state index is 0.0550. The summed E-state index contributed by atoms with van der Waals surface area (Å²) in [7, 11) is 1.56. The van der Waals surface area contributed by atoms with Gasteiger partial charge in [-0.25, -0.2) is 0 Å². The van der Waals surface area contributed by atoms with Gasteiger partial charge in [-0.05, 0) is 61.7 Å². The topological polar surface area (TPSA) is 76.2 Å². The van der Waals surface area contributed by atoms with Crippen LogP contribution in [0.1, 0.15) is 38.7 Å². The average Bonchev–Trinajstić information content (AvgIpc) is 3.34. The van der Waals surface area contributed by atoms with E-state index < -0.39 is 11.1 Å². The smallest absolute Gasteiger partial charge is 0.294 e. The summed E-state index contributed by atoms with van der Waals surface area (Å²) in [6.07, 6.45) is 4.49. The van der Waals surface area contributed by atoms with Crippen LogP contribution in [-0.2, 0) is 9.59 Å². The van der Waals surface area contributed by atoms with E-state index in [0.717, 1.165) is 41.5 Å². The lowest BCUT2D eigenvalue weighted by Crippen LogP contribution is -2.40. The van der Waals surface area contributed by atoms with Crippen molar-refractivity contribution in [3.63, 3.8) is 0 Å². The molecule has 2 heterocycles. The number of carbonyl (C=O) groups excluding carboxylic acids is 3. The Balaban J connectivity index is 1.73. The third-order valence-corrected chi connectivity index (χ3v) is 5.92. The lowest BCUT2D eigenvalue weighted by molar-refractivity contribution is -0.135. The Morgan fingerprint density at radius 2 is 1.97 bits per heavy atom. The Bertz CT molecular complexity index is 832. The molecule has 1 aromatic rings. The van der Waals surface area contributed by atoms with Gasteiger partial charge in [0.1, 0.15) is 6.54 Å². The summed E-state index contributed by atoms with van der Waals surface area (Å²) in [5.41, 5.74) is 0.717. The van der Waals surface area contributed by atoms with Crippen LogP contribution in [0.2, 0.25) is 0 Å². The van der Waals surface area contributed by atoms with Crippen LogP contribution >= 0.6 is 11.8 Å². The number of amides is 3. The molecule has 1 unspecified atom stereocenters. The van der Waals surface area contributed by atoms with Gasteiger partial charge in [-0.2, -0.15) is 0 Å². The zero-order chi connectivity index (χ0) is 21.0. The molecule has 0 aliphatic carbocycles. The Morgan fingerprint density at radius 1 is 1.24 bits per heavy atom. The lowest BCUT2D eigenvalue weighted by atomic mass is 10.1. The molecule has 0 N–H and O–H groups in total. The molecule has 2 aliphatic heterocycles. The maximum Gasteiger partial charge on any atom is 0.294 e. The van der Waals surface area contributed by atoms with E-state index in [-0.39, 0.29) is 18.6 Å². The van der Waals surface area contributed by atoms with E-state index in [9.17, 15) is 14.4 Å². The van der Waals surface area contributed by atoms with Gasteiger partial charge in [0.05, 0.1) is 18.1 Å². The molecule has 2 saturated heterocycles. The molecule has 0 bridgehead atoms. The van der Waals surface area contributed by atoms with Crippen molar-refractivity contribution in [2.45, 2.75) is 39.2 Å². The van der Waals surface area contributed by atoms with Crippen LogP contribution in [0.5, 0.6) is 11.5 Å². The number of methoxy groups -OCH3 is 1. The predicted octanol–water partition coefficient (Wildman–Crippen LogP) is 3.53. The fraction of sp³-hybridized carbons (Fsp3) is 0.476. The number of thioether (sulfide) groups is 1. The van der Waals surface area contributed by atoms with Crippen molar-refractivity contribution in [1.29, 1.82) is 0 Å². The number of likely N-dealkylation sites (tertiary alicyclic amines) is 1. The van der Waals surface area contributed by atoms with Crippen LogP contribution < -0.4 is 9.47 Å². The number of hydrogen-bond donors (Lipinski definition) is 0. The molecule has 3 rings (SSSR count). The molecular weight excluding hydrogens is 392 g/mol. The number of benzene rings is 1. The van der Waals surface area contributed by atoms with Crippen LogP contribution in [0.4, 0.5) is 4.79 Å². The first kappa shape index (κ1) is 21.2. The minimum atomic E-state index is -0.438. The molecule has 1 aromatic carbocycles. The Labute approximate surface area is 175 Å². The van der Waals surface area contributed by atoms with Gasteiger partial charge in [0.15, 0.2) is 11.5 Å². The zero-order valence-corrected chi connectivity index (χ0v) is 17.8. The Hall–Kier alpha value is -2.48. The first-order chi connectivity index (χ1) is 13.9. The fourth-order valence-corrected chi connectivity index (χ4v) is 4.00. The summed E-state index contributed by atoms with van der Waals surface area (Å²) in [6, 6.07) is 5.36. The summed E-state index contributed by atoms with van der Waals surface area (Å²) in [5, 5.41) is -0.419. The summed E-state index contributed by atoms with van der Waals surface area (Å²) >= 11 is 0.849. The van der Waals surface area contributed by atoms with Crippen molar-refractivity contribution < 1.29 is 23.9 Å². The van der Waals surface area contributed by atoms with Gasteiger partial charge in [-0.3, -0.25) is 19.3 Å². The SMILES string of the molecule is CCC(C)Oc1ccc(/C=C2\SC(=O)N(CC(=O)N3CCCC3)C2=O)cc1OC. The second kappa shape index (κ2) is 9.35. The first-order valence-corrected chi connectivity index (χ1v) is 10.6. The molecule has 0 radical (unpaired) electrons. The first-order valence-electron chi connectivity index (χ1n) is 9.80. The number of ether oxygens (including phenoxy) is 2. The highest BCUT2D eigenvalue weighted by atomic mass is 32.2. The molecule has 2 aliphatic rings. The normalized spacial score (nSPS) is 19.2. The van der Waals surface area contributed by atoms with Gasteiger partial charge in [0, 0.05) is 13.1 Å². The molecule has 0 aromatic heterocycles. The molecule has 0 spiro atoms. The quantitative estimate of drug-likeness (QED) is 0.631. The maximum atomic E-state index is 12.7. The van der Waals surface area contributed by atoms with Gasteiger partial charge in [0.2, 0.25) is 5.91 Å². The summed E-state index contributed by atoms with van der Waals surface area (Å²) in [5.74, 6) is 0.566. The van der Waals surface area contributed by atoms with Crippen molar-refractivity contribution in [2.75, 3.05) is 26.7 Å². The molecule has 0 saturated carbocycles. The average molecular weight is 419 g/mol. The van der Waals surface area contributed by atoms with Crippen molar-refractivity contribution in [1.82, 2.24) is 9.80 Å². The van der Waals surface area contributed by atoms with Crippen LogP contribution in [0.25, 0.3) is 6.08 Å². The standard InChI is InChI=1S/C21H26N2O5S/c1-4-14(2)28-16-8-7-15(11-17(16)27-3)12-18-20(25)23(21(26)29-18)13-19(24)22-9-5-6-10-22/h7-8,11-12,14H,4-6,9-10,13H2,1-3H3/b18-12-. The number of nitrogens with zero attached hydrogens (tertiary/aromatic N) is 2. The van der Waals surface area contributed by atoms with Gasteiger partial charge >= 0.3 is 0 Å². The van der Waals surface area contributed by atoms with E-state index in [1.807, 2.05) is 19.9 Å². The molecular formula is C21H26N2O5S. The Kier molecular flexibility index (Phi) is 6.84. The number of imide groups is 1. The van der Waals surface area contributed by atoms with Gasteiger partial charge in [-0.15, -0.1) is 0 Å². The van der Waals surface area contributed by atoms with E-state index in [0.29, 0.717) is 29.5 Å². The second-order valence-corrected chi connectivity index (χ2v) is 8.10. The number of rotatable bonds is 7. The van der Waals surface area contributed by atoms with Gasteiger partial charge < -0.3 is 14.4 Å². The lowest BCUT2D eigenvalue weighted by Gasteiger charge is -2.18. The zero-order valence-electron chi connectivity index (χ0n) is 17.0. The van der Waals surface area contributed by atoms with Crippen LogP contribution in [0.3, 0.4) is 0 Å². The second-order valence-electron chi connectivity index (χ2n) is 7.10. The van der Waals surface area contributed by atoms with Gasteiger partial charge in [0.25, 0.3) is 11.1 Å². The van der Waals surface area contributed by atoms with Crippen molar-refractivity contribution in [3.05, 3.63) is 28.7 Å². The Morgan fingerprint density at radius 3 is 2.62 bits per heavy atom. The van der Waals surface area contributed by atoms with Crippen molar-refractivity contribution >= 4 is 34.9 Å². The monoisotopic (exact) mass is 418 g/mol. The fourth-order valence-electron chi connectivity index (χ4n) is 3.16. The minimum Gasteiger partial charge on any atom is -0.493 e. The van der Waals surface area contributed by atoms with E-state index in [2.05, 4.69) is 0 Å². The molecule has 3 amide bonds. The number of hydrogen-bond acceptors (Lipinski definition) is 6. The summed E-state index contributed by atoms with van der Waals surface area (Å²) in [4.78, 5) is 40.3. The summed E-state index contributed by atoms with van der Waals surface area (Å²) < 4.78 is 11.2. The van der Waals surface area contributed by atoms with E-state index in [4.69, 9.17) is 9.47 Å². The maximum absolute atomic E-state index is 12.7. The molecule has 29 heavy (non-hydrogen) atoms. The highest BCUT2D eigenvalue weighted by Gasteiger charge is 2.37. The summed E-state index contributed by atoms with van der Waals surface area (Å²) in [6.45, 7) is 5.20. The largest absolute Gasteiger partial charge is 0.493 e. The molecule has 156 valence electrons. The third kappa shape index (κ3) is 4.93. The molecule has 1 atom stereocenters. The van der Waals surface area contributed by atoms with Crippen LogP contribution in [0, 0.1) is 0 Å². The van der Waals surface area contributed by atoms with Crippen molar-refractivity contribution in [3.8, 4) is 11.5 Å². The third-order valence-electron chi connectivity index (χ3n) is 5.01. The van der Waals surface area contributed by atoms with E-state index in [1.54, 1.807) is 30.2 Å². The van der Waals surface area contributed by atoms with Crippen LogP contribution in [0.15, 0.2) is 23.1 Å². The predicted molar refractivity (Wildman–Crippen MR) is 112 cm³/mol. The van der Waals surface area contributed by atoms with Crippen LogP contribution in [-0.4, -0.2) is 59.7 Å². The van der Waals surface area contributed by atoms with Gasteiger partial charge in [-0.1, -0.05) is 13.0 Å². The highest BCUT2D eigenvalue weighted by Crippen LogP contribution is 2.35. The number of carbonyl (C=O) groups is 3. The van der Waals surface area contributed by atoms with Crippen molar-refractivity contribution in [2.24, 2.45) is 0 Å². The molecule has 2 fully saturated rings.